The van der Waals surface area contributed by atoms with Gasteiger partial charge in [0.15, 0.2) is 5.82 Å². The van der Waals surface area contributed by atoms with Crippen LogP contribution in [0.2, 0.25) is 0 Å². The van der Waals surface area contributed by atoms with Gasteiger partial charge in [0.25, 0.3) is 0 Å². The van der Waals surface area contributed by atoms with Gasteiger partial charge in [-0.3, -0.25) is 0 Å². The molecule has 5 heteroatoms. The van der Waals surface area contributed by atoms with Crippen LogP contribution in [0.1, 0.15) is 36.1 Å². The normalized spacial score (nSPS) is 12.7. The minimum absolute atomic E-state index is 0. The van der Waals surface area contributed by atoms with E-state index < -0.39 is 0 Å². The number of hydrogen-bond acceptors (Lipinski definition) is 4. The maximum atomic E-state index is 8.25. The molecular weight excluding hydrogens is 345 g/mol. The third kappa shape index (κ3) is 5.23. The minimum atomic E-state index is 0. The number of aromatic nitrogens is 3. The zero-order valence-corrected chi connectivity index (χ0v) is 18.4. The molecule has 0 unspecified atom stereocenters. The maximum absolute atomic E-state index is 8.25. The van der Waals surface area contributed by atoms with E-state index in [0.29, 0.717) is 0 Å². The van der Waals surface area contributed by atoms with Crippen LogP contribution in [0.5, 0.6) is 0 Å². The van der Waals surface area contributed by atoms with E-state index in [1.807, 2.05) is 30.5 Å². The largest absolute Gasteiger partial charge is 1.00 e. The van der Waals surface area contributed by atoms with E-state index in [4.69, 9.17) is 15.1 Å². The molecular formula is C22H24N3NaO. The van der Waals surface area contributed by atoms with Crippen molar-refractivity contribution in [3.63, 3.8) is 0 Å². The number of nitrogens with zero attached hydrogens (tertiary/aromatic N) is 3. The number of benzene rings is 1. The van der Waals surface area contributed by atoms with E-state index in [1.165, 1.54) is 36.1 Å². The van der Waals surface area contributed by atoms with Crippen molar-refractivity contribution in [3.05, 3.63) is 65.5 Å². The number of pyridine rings is 1. The molecule has 4 rings (SSSR count). The van der Waals surface area contributed by atoms with Crippen molar-refractivity contribution in [2.45, 2.75) is 39.0 Å². The van der Waals surface area contributed by atoms with Crippen molar-refractivity contribution in [3.8, 4) is 22.8 Å². The van der Waals surface area contributed by atoms with Gasteiger partial charge in [0.2, 0.25) is 0 Å². The Morgan fingerprint density at radius 2 is 1.59 bits per heavy atom. The first-order valence-electron chi connectivity index (χ1n) is 9.10. The average Bonchev–Trinajstić information content (AvgIpc) is 2.95. The average molecular weight is 369 g/mol. The molecule has 27 heavy (non-hydrogen) atoms. The van der Waals surface area contributed by atoms with Crippen LogP contribution in [-0.2, 0) is 12.8 Å². The summed E-state index contributed by atoms with van der Waals surface area (Å²) in [5.74, 6) is 0.743. The molecule has 0 aliphatic heterocycles. The van der Waals surface area contributed by atoms with Crippen LogP contribution in [0.15, 0.2) is 48.7 Å². The van der Waals surface area contributed by atoms with E-state index in [0.717, 1.165) is 42.7 Å². The predicted molar refractivity (Wildman–Crippen MR) is 103 cm³/mol. The Morgan fingerprint density at radius 1 is 0.852 bits per heavy atom. The Labute approximate surface area is 183 Å². The molecule has 4 nitrogen and oxygen atoms in total. The molecule has 1 aliphatic rings. The van der Waals surface area contributed by atoms with Crippen molar-refractivity contribution >= 4 is 0 Å². The van der Waals surface area contributed by atoms with Crippen molar-refractivity contribution in [1.29, 1.82) is 0 Å². The summed E-state index contributed by atoms with van der Waals surface area (Å²) in [6.07, 6.45) is 7.92. The third-order valence-electron chi connectivity index (χ3n) is 4.69. The Balaban J connectivity index is 0.000000844. The molecule has 134 valence electrons. The summed E-state index contributed by atoms with van der Waals surface area (Å²) in [5.41, 5.74) is 6.68. The Bertz CT molecular complexity index is 869. The second-order valence-electron chi connectivity index (χ2n) is 6.45. The quantitative estimate of drug-likeness (QED) is 0.494. The maximum Gasteiger partial charge on any atom is 1.00 e. The van der Waals surface area contributed by atoms with Crippen LogP contribution in [0.4, 0.5) is 0 Å². The zero-order chi connectivity index (χ0) is 18.4. The van der Waals surface area contributed by atoms with Gasteiger partial charge < -0.3 is 5.11 Å². The van der Waals surface area contributed by atoms with Gasteiger partial charge in [-0.15, -0.1) is 0 Å². The molecule has 0 radical (unpaired) electrons. The summed E-state index contributed by atoms with van der Waals surface area (Å²) in [5, 5.41) is 8.25. The summed E-state index contributed by atoms with van der Waals surface area (Å²) in [6, 6.07) is 14.4. The SMILES string of the molecule is C[O-].Cc1ccc(-c2ncc3c(n2)CCCCC3)nc1-c1ccccc1.[Na+]. The van der Waals surface area contributed by atoms with E-state index in [2.05, 4.69) is 30.1 Å². The molecule has 0 atom stereocenters. The molecule has 0 bridgehead atoms. The van der Waals surface area contributed by atoms with Gasteiger partial charge in [-0.2, -0.15) is 7.11 Å². The van der Waals surface area contributed by atoms with Gasteiger partial charge in [-0.05, 0) is 49.8 Å². The van der Waals surface area contributed by atoms with Crippen molar-refractivity contribution in [2.24, 2.45) is 0 Å². The molecule has 1 aliphatic carbocycles. The van der Waals surface area contributed by atoms with Crippen molar-refractivity contribution < 1.29 is 34.7 Å². The van der Waals surface area contributed by atoms with Gasteiger partial charge in [0.1, 0.15) is 5.69 Å². The smallest absolute Gasteiger partial charge is 0.857 e. The molecule has 0 spiro atoms. The van der Waals surface area contributed by atoms with Crippen LogP contribution < -0.4 is 34.7 Å². The Hall–Kier alpha value is -1.59. The monoisotopic (exact) mass is 369 g/mol. The van der Waals surface area contributed by atoms with Crippen LogP contribution in [-0.4, -0.2) is 22.1 Å². The second kappa shape index (κ2) is 10.7. The number of rotatable bonds is 2. The molecule has 2 heterocycles. The Morgan fingerprint density at radius 3 is 2.37 bits per heavy atom. The van der Waals surface area contributed by atoms with Crippen LogP contribution in [0, 0.1) is 6.92 Å². The standard InChI is InChI=1S/C21H21N3.CH3O.Na/c1-15-12-13-19(23-20(15)16-8-4-2-5-9-16)21-22-14-17-10-6-3-7-11-18(17)24-21;1-2;/h2,4-5,8-9,12-14H,3,6-7,10-11H2,1H3;1H3;/q;-1;+1. The third-order valence-corrected chi connectivity index (χ3v) is 4.69. The molecule has 3 aromatic rings. The van der Waals surface area contributed by atoms with Gasteiger partial charge in [-0.1, -0.05) is 42.8 Å². The molecule has 2 aromatic heterocycles. The number of fused-ring (bicyclic) bond motifs is 1. The fraction of sp³-hybridized carbons (Fsp3) is 0.318. The first kappa shape index (κ1) is 21.7. The summed E-state index contributed by atoms with van der Waals surface area (Å²) in [7, 11) is 0.750. The van der Waals surface area contributed by atoms with Gasteiger partial charge >= 0.3 is 29.6 Å². The van der Waals surface area contributed by atoms with Gasteiger partial charge in [-0.25, -0.2) is 15.0 Å². The molecule has 1 aromatic carbocycles. The topological polar surface area (TPSA) is 61.7 Å². The summed E-state index contributed by atoms with van der Waals surface area (Å²) in [4.78, 5) is 14.3. The number of hydrogen-bond donors (Lipinski definition) is 0. The van der Waals surface area contributed by atoms with Crippen LogP contribution in [0.3, 0.4) is 0 Å². The van der Waals surface area contributed by atoms with Gasteiger partial charge in [0, 0.05) is 17.5 Å². The number of aryl methyl sites for hydroxylation is 3. The van der Waals surface area contributed by atoms with E-state index in [-0.39, 0.29) is 29.6 Å². The molecule has 0 saturated carbocycles. The van der Waals surface area contributed by atoms with Gasteiger partial charge in [0.05, 0.1) is 5.69 Å². The Kier molecular flexibility index (Phi) is 8.58. The summed E-state index contributed by atoms with van der Waals surface area (Å²) in [6.45, 7) is 2.09. The predicted octanol–water partition coefficient (Wildman–Crippen LogP) is 0.763. The van der Waals surface area contributed by atoms with Crippen LogP contribution >= 0.6 is 0 Å². The summed E-state index contributed by atoms with van der Waals surface area (Å²) < 4.78 is 0. The minimum Gasteiger partial charge on any atom is -0.857 e. The molecule has 0 N–H and O–H groups in total. The van der Waals surface area contributed by atoms with Crippen molar-refractivity contribution in [1.82, 2.24) is 15.0 Å². The van der Waals surface area contributed by atoms with E-state index in [1.54, 1.807) is 0 Å². The zero-order valence-electron chi connectivity index (χ0n) is 16.4. The molecule has 0 amide bonds. The van der Waals surface area contributed by atoms with Crippen molar-refractivity contribution in [2.75, 3.05) is 7.11 Å². The first-order chi connectivity index (χ1) is 12.8. The van der Waals surface area contributed by atoms with E-state index in [9.17, 15) is 0 Å². The molecule has 0 fully saturated rings. The second-order valence-corrected chi connectivity index (χ2v) is 6.45. The van der Waals surface area contributed by atoms with Crippen LogP contribution in [0.25, 0.3) is 22.8 Å². The van der Waals surface area contributed by atoms with E-state index >= 15 is 0 Å². The first-order valence-corrected chi connectivity index (χ1v) is 9.10. The molecule has 0 saturated heterocycles. The fourth-order valence-corrected chi connectivity index (χ4v) is 3.32. The summed E-state index contributed by atoms with van der Waals surface area (Å²) >= 11 is 0. The fourth-order valence-electron chi connectivity index (χ4n) is 3.32.